The maximum Gasteiger partial charge on any atom is 0.188 e. The van der Waals surface area contributed by atoms with Gasteiger partial charge in [0.05, 0.1) is 6.54 Å². The topological polar surface area (TPSA) is 56.5 Å². The fourth-order valence-electron chi connectivity index (χ4n) is 3.47. The lowest BCUT2D eigenvalue weighted by Gasteiger charge is -2.04. The Morgan fingerprint density at radius 2 is 1.68 bits per heavy atom. The third kappa shape index (κ3) is 3.20. The molecule has 0 spiro atoms. The normalized spacial score (nSPS) is 12.1. The Hall–Kier alpha value is -2.99. The smallest absolute Gasteiger partial charge is 0.188 e. The molecule has 0 atom stereocenters. The van der Waals surface area contributed by atoms with Gasteiger partial charge in [0.1, 0.15) is 0 Å². The Balaban J connectivity index is 1.32. The van der Waals surface area contributed by atoms with Crippen molar-refractivity contribution >= 4 is 11.8 Å². The maximum absolute atomic E-state index is 4.77. The summed E-state index contributed by atoms with van der Waals surface area (Å²) in [5.41, 5.74) is 6.74. The Morgan fingerprint density at radius 1 is 0.929 bits per heavy atom. The number of hydrogen-bond acceptors (Lipinski definition) is 5. The molecule has 138 valence electrons. The van der Waals surface area contributed by atoms with Crippen LogP contribution in [-0.2, 0) is 12.3 Å². The molecule has 6 heteroatoms. The predicted octanol–water partition coefficient (Wildman–Crippen LogP) is 4.67. The highest BCUT2D eigenvalue weighted by Gasteiger charge is 2.22. The quantitative estimate of drug-likeness (QED) is 0.332. The molecule has 2 aromatic heterocycles. The molecule has 1 aliphatic rings. The Morgan fingerprint density at radius 3 is 2.46 bits per heavy atom. The van der Waals surface area contributed by atoms with Crippen LogP contribution in [0.1, 0.15) is 22.5 Å². The van der Waals surface area contributed by atoms with Crippen LogP contribution in [0.15, 0.2) is 59.8 Å². The van der Waals surface area contributed by atoms with Crippen molar-refractivity contribution in [3.05, 3.63) is 77.1 Å². The van der Waals surface area contributed by atoms with E-state index in [0.29, 0.717) is 0 Å². The highest BCUT2D eigenvalue weighted by Crippen LogP contribution is 2.31. The number of benzene rings is 2. The molecule has 4 aromatic rings. The molecule has 5 nitrogen and oxygen atoms in total. The zero-order valence-corrected chi connectivity index (χ0v) is 16.6. The van der Waals surface area contributed by atoms with Gasteiger partial charge >= 0.3 is 0 Å². The number of rotatable bonds is 4. The lowest BCUT2D eigenvalue weighted by Crippen LogP contribution is -1.95. The van der Waals surface area contributed by atoms with Gasteiger partial charge in [-0.2, -0.15) is 5.10 Å². The van der Waals surface area contributed by atoms with E-state index in [0.717, 1.165) is 46.1 Å². The third-order valence-electron chi connectivity index (χ3n) is 4.79. The molecular formula is C22H19N5S. The Bertz CT molecular complexity index is 1140. The summed E-state index contributed by atoms with van der Waals surface area (Å²) >= 11 is 1.66. The van der Waals surface area contributed by atoms with E-state index < -0.39 is 0 Å². The second-order valence-electron chi connectivity index (χ2n) is 6.99. The number of thioether (sulfide) groups is 1. The molecule has 0 amide bonds. The lowest BCUT2D eigenvalue weighted by atomic mass is 10.1. The van der Waals surface area contributed by atoms with Crippen LogP contribution in [-0.4, -0.2) is 24.7 Å². The average molecular weight is 385 g/mol. The first-order valence-corrected chi connectivity index (χ1v) is 10.2. The molecule has 3 heterocycles. The van der Waals surface area contributed by atoms with Crippen LogP contribution in [0.3, 0.4) is 0 Å². The molecule has 0 unspecified atom stereocenters. The van der Waals surface area contributed by atoms with Crippen molar-refractivity contribution in [1.82, 2.24) is 24.7 Å². The van der Waals surface area contributed by atoms with Crippen LogP contribution in [0.5, 0.6) is 0 Å². The molecular weight excluding hydrogens is 366 g/mol. The predicted molar refractivity (Wildman–Crippen MR) is 111 cm³/mol. The van der Waals surface area contributed by atoms with Crippen LogP contribution in [0.2, 0.25) is 0 Å². The zero-order valence-electron chi connectivity index (χ0n) is 15.8. The standard InChI is InChI=1S/C22H19N5S/c1-14-11-15(2)24-22(23-14)28-13-16-7-9-17(10-8-16)20-25-21-19-6-4-3-5-18(19)12-27(21)26-20/h3-11H,12-13H2,1-2H3. The van der Waals surface area contributed by atoms with Gasteiger partial charge in [0.2, 0.25) is 0 Å². The summed E-state index contributed by atoms with van der Waals surface area (Å²) < 4.78 is 1.99. The van der Waals surface area contributed by atoms with E-state index in [4.69, 9.17) is 10.1 Å². The summed E-state index contributed by atoms with van der Waals surface area (Å²) in [6.45, 7) is 4.80. The third-order valence-corrected chi connectivity index (χ3v) is 5.71. The van der Waals surface area contributed by atoms with E-state index in [1.807, 2.05) is 24.6 Å². The average Bonchev–Trinajstić information content (AvgIpc) is 3.24. The monoisotopic (exact) mass is 385 g/mol. The van der Waals surface area contributed by atoms with Gasteiger partial charge in [-0.3, -0.25) is 0 Å². The fraction of sp³-hybridized carbons (Fsp3) is 0.182. The second kappa shape index (κ2) is 6.87. The molecule has 0 saturated carbocycles. The van der Waals surface area contributed by atoms with Gasteiger partial charge in [0.25, 0.3) is 0 Å². The second-order valence-corrected chi connectivity index (χ2v) is 7.94. The minimum atomic E-state index is 0.779. The summed E-state index contributed by atoms with van der Waals surface area (Å²) in [5.74, 6) is 2.57. The molecule has 2 aromatic carbocycles. The number of aromatic nitrogens is 5. The molecule has 0 fully saturated rings. The minimum absolute atomic E-state index is 0.779. The van der Waals surface area contributed by atoms with Gasteiger partial charge in [-0.05, 0) is 31.0 Å². The van der Waals surface area contributed by atoms with Gasteiger partial charge < -0.3 is 0 Å². The van der Waals surface area contributed by atoms with Crippen molar-refractivity contribution in [2.24, 2.45) is 0 Å². The first kappa shape index (κ1) is 17.1. The summed E-state index contributed by atoms with van der Waals surface area (Å²) in [6.07, 6.45) is 0. The highest BCUT2D eigenvalue weighted by atomic mass is 32.2. The van der Waals surface area contributed by atoms with Crippen LogP contribution < -0.4 is 0 Å². The summed E-state index contributed by atoms with van der Waals surface area (Å²) in [4.78, 5) is 13.8. The molecule has 5 rings (SSSR count). The maximum atomic E-state index is 4.77. The first-order valence-electron chi connectivity index (χ1n) is 9.23. The number of aryl methyl sites for hydroxylation is 2. The fourth-order valence-corrected chi connectivity index (χ4v) is 4.37. The van der Waals surface area contributed by atoms with Crippen LogP contribution in [0.4, 0.5) is 0 Å². The first-order chi connectivity index (χ1) is 13.7. The van der Waals surface area contributed by atoms with Gasteiger partial charge in [-0.25, -0.2) is 19.6 Å². The SMILES string of the molecule is Cc1cc(C)nc(SCc2ccc(-c3nc4n(n3)Cc3ccccc3-4)cc2)n1. The van der Waals surface area contributed by atoms with Crippen molar-refractivity contribution in [1.29, 1.82) is 0 Å². The van der Waals surface area contributed by atoms with Crippen LogP contribution in [0, 0.1) is 13.8 Å². The number of fused-ring (bicyclic) bond motifs is 3. The van der Waals surface area contributed by atoms with E-state index in [-0.39, 0.29) is 0 Å². The van der Waals surface area contributed by atoms with Crippen molar-refractivity contribution in [2.75, 3.05) is 0 Å². The van der Waals surface area contributed by atoms with E-state index in [1.54, 1.807) is 11.8 Å². The number of hydrogen-bond donors (Lipinski definition) is 0. The van der Waals surface area contributed by atoms with E-state index in [2.05, 4.69) is 58.5 Å². The largest absolute Gasteiger partial charge is 0.241 e. The molecule has 0 N–H and O–H groups in total. The van der Waals surface area contributed by atoms with Crippen LogP contribution in [0.25, 0.3) is 22.8 Å². The van der Waals surface area contributed by atoms with Crippen molar-refractivity contribution in [3.63, 3.8) is 0 Å². The van der Waals surface area contributed by atoms with E-state index in [1.165, 1.54) is 16.7 Å². The summed E-state index contributed by atoms with van der Waals surface area (Å²) in [6, 6.07) is 18.8. The molecule has 0 bridgehead atoms. The number of nitrogens with zero attached hydrogens (tertiary/aromatic N) is 5. The van der Waals surface area contributed by atoms with Crippen LogP contribution >= 0.6 is 11.8 Å². The minimum Gasteiger partial charge on any atom is -0.241 e. The molecule has 0 radical (unpaired) electrons. The molecule has 0 aliphatic carbocycles. The van der Waals surface area contributed by atoms with Crippen molar-refractivity contribution in [3.8, 4) is 22.8 Å². The van der Waals surface area contributed by atoms with E-state index in [9.17, 15) is 0 Å². The molecule has 28 heavy (non-hydrogen) atoms. The van der Waals surface area contributed by atoms with Crippen molar-refractivity contribution in [2.45, 2.75) is 31.3 Å². The lowest BCUT2D eigenvalue weighted by molar-refractivity contribution is 0.722. The summed E-state index contributed by atoms with van der Waals surface area (Å²) in [5, 5.41) is 5.53. The zero-order chi connectivity index (χ0) is 19.1. The van der Waals surface area contributed by atoms with Gasteiger partial charge in [0.15, 0.2) is 16.8 Å². The van der Waals surface area contributed by atoms with Crippen molar-refractivity contribution < 1.29 is 0 Å². The van der Waals surface area contributed by atoms with Gasteiger partial charge in [0, 0.05) is 28.3 Å². The Labute approximate surface area is 167 Å². The summed E-state index contributed by atoms with van der Waals surface area (Å²) in [7, 11) is 0. The van der Waals surface area contributed by atoms with Gasteiger partial charge in [-0.1, -0.05) is 60.3 Å². The highest BCUT2D eigenvalue weighted by molar-refractivity contribution is 7.98. The van der Waals surface area contributed by atoms with Gasteiger partial charge in [-0.15, -0.1) is 0 Å². The molecule has 0 saturated heterocycles. The molecule has 1 aliphatic heterocycles. The van der Waals surface area contributed by atoms with E-state index >= 15 is 0 Å². The Kier molecular flexibility index (Phi) is 4.20.